The minimum atomic E-state index is -0.934. The number of carbonyl (C=O) groups excluding carboxylic acids is 2. The molecule has 2 aromatic heterocycles. The van der Waals surface area contributed by atoms with E-state index in [1.54, 1.807) is 24.4 Å². The van der Waals surface area contributed by atoms with Crippen LogP contribution in [0.4, 0.5) is 5.69 Å². The number of benzene rings is 1. The number of fused-ring (bicyclic) bond motifs is 2. The molecule has 4 rings (SSSR count). The number of rotatable bonds is 5. The summed E-state index contributed by atoms with van der Waals surface area (Å²) in [5.41, 5.74) is 1.14. The Morgan fingerprint density at radius 2 is 2.23 bits per heavy atom. The largest absolute Gasteiger partial charge is 0.454 e. The number of hydrogen-bond acceptors (Lipinski definition) is 7. The summed E-state index contributed by atoms with van der Waals surface area (Å²) >= 11 is 1.48. The van der Waals surface area contributed by atoms with Crippen LogP contribution in [0, 0.1) is 0 Å². The number of hydrogen-bond donors (Lipinski definition) is 1. The fraction of sp³-hybridized carbons (Fsp3) is 0.235. The molecule has 1 amide bonds. The lowest BCUT2D eigenvalue weighted by molar-refractivity contribution is -0.152. The van der Waals surface area contributed by atoms with Gasteiger partial charge in [-0.15, -0.1) is 11.3 Å². The van der Waals surface area contributed by atoms with E-state index in [9.17, 15) is 9.59 Å². The van der Waals surface area contributed by atoms with Crippen LogP contribution in [0.15, 0.2) is 36.0 Å². The normalized spacial score (nSPS) is 13.6. The van der Waals surface area contributed by atoms with Crippen molar-refractivity contribution in [1.82, 2.24) is 9.38 Å². The molecule has 0 fully saturated rings. The summed E-state index contributed by atoms with van der Waals surface area (Å²) in [7, 11) is 0. The van der Waals surface area contributed by atoms with Crippen molar-refractivity contribution in [1.29, 1.82) is 0 Å². The molecule has 0 aliphatic carbocycles. The number of esters is 1. The number of nitrogens with one attached hydrogen (secondary N) is 1. The smallest absolute Gasteiger partial charge is 0.312 e. The SMILES string of the molecule is C[C@@H](OC(=O)Cc1cn2ccsc2n1)C(=O)Nc1ccc2c(c1)OCO2. The first-order valence-electron chi connectivity index (χ1n) is 7.89. The fourth-order valence-corrected chi connectivity index (χ4v) is 3.24. The average Bonchev–Trinajstić information content (AvgIpc) is 3.29. The van der Waals surface area contributed by atoms with Gasteiger partial charge in [0.15, 0.2) is 22.6 Å². The second kappa shape index (κ2) is 6.68. The van der Waals surface area contributed by atoms with E-state index in [2.05, 4.69) is 10.3 Å². The number of nitrogens with zero attached hydrogens (tertiary/aromatic N) is 2. The van der Waals surface area contributed by atoms with Crippen LogP contribution in [0.3, 0.4) is 0 Å². The summed E-state index contributed by atoms with van der Waals surface area (Å²) in [6.07, 6.45) is 2.71. The van der Waals surface area contributed by atoms with Gasteiger partial charge in [0.2, 0.25) is 6.79 Å². The zero-order chi connectivity index (χ0) is 18.1. The highest BCUT2D eigenvalue weighted by Crippen LogP contribution is 2.34. The Labute approximate surface area is 152 Å². The summed E-state index contributed by atoms with van der Waals surface area (Å²) in [6.45, 7) is 1.68. The van der Waals surface area contributed by atoms with Gasteiger partial charge in [0.25, 0.3) is 5.91 Å². The van der Waals surface area contributed by atoms with Crippen molar-refractivity contribution in [2.75, 3.05) is 12.1 Å². The van der Waals surface area contributed by atoms with Crippen molar-refractivity contribution in [3.63, 3.8) is 0 Å². The van der Waals surface area contributed by atoms with Crippen LogP contribution in [0.25, 0.3) is 4.96 Å². The molecule has 1 aliphatic rings. The predicted octanol–water partition coefficient (Wildman–Crippen LogP) is 2.24. The van der Waals surface area contributed by atoms with E-state index in [1.165, 1.54) is 18.3 Å². The summed E-state index contributed by atoms with van der Waals surface area (Å²) in [4.78, 5) is 29.4. The van der Waals surface area contributed by atoms with Crippen LogP contribution >= 0.6 is 11.3 Å². The number of carbonyl (C=O) groups is 2. The molecule has 0 bridgehead atoms. The molecule has 26 heavy (non-hydrogen) atoms. The van der Waals surface area contributed by atoms with E-state index in [0.717, 1.165) is 4.96 Å². The molecule has 1 aromatic carbocycles. The maximum atomic E-state index is 12.2. The van der Waals surface area contributed by atoms with Gasteiger partial charge >= 0.3 is 5.97 Å². The average molecular weight is 373 g/mol. The van der Waals surface area contributed by atoms with Crippen molar-refractivity contribution in [2.45, 2.75) is 19.4 Å². The van der Waals surface area contributed by atoms with Crippen molar-refractivity contribution in [3.8, 4) is 11.5 Å². The first-order chi connectivity index (χ1) is 12.6. The summed E-state index contributed by atoms with van der Waals surface area (Å²) in [5, 5.41) is 4.60. The highest BCUT2D eigenvalue weighted by Gasteiger charge is 2.20. The first kappa shape index (κ1) is 16.4. The van der Waals surface area contributed by atoms with Gasteiger partial charge < -0.3 is 19.5 Å². The molecule has 0 saturated carbocycles. The third-order valence-electron chi connectivity index (χ3n) is 3.79. The molecule has 1 atom stereocenters. The Bertz CT molecular complexity index is 951. The Morgan fingerprint density at radius 1 is 1.38 bits per heavy atom. The van der Waals surface area contributed by atoms with Crippen LogP contribution in [0.5, 0.6) is 11.5 Å². The monoisotopic (exact) mass is 373 g/mol. The number of aromatic nitrogens is 2. The molecule has 1 aliphatic heterocycles. The minimum absolute atomic E-state index is 0.00996. The first-order valence-corrected chi connectivity index (χ1v) is 8.77. The number of anilines is 1. The third kappa shape index (κ3) is 3.33. The number of ether oxygens (including phenoxy) is 3. The molecule has 0 spiro atoms. The summed E-state index contributed by atoms with van der Waals surface area (Å²) < 4.78 is 17.5. The second-order valence-corrected chi connectivity index (χ2v) is 6.56. The molecule has 3 aromatic rings. The van der Waals surface area contributed by atoms with Gasteiger partial charge in [-0.25, -0.2) is 4.98 Å². The van der Waals surface area contributed by atoms with Crippen molar-refractivity contribution in [2.24, 2.45) is 0 Å². The molecule has 8 nitrogen and oxygen atoms in total. The third-order valence-corrected chi connectivity index (χ3v) is 4.56. The maximum absolute atomic E-state index is 12.2. The Morgan fingerprint density at radius 3 is 3.08 bits per heavy atom. The molecule has 3 heterocycles. The van der Waals surface area contributed by atoms with Gasteiger partial charge in [0.1, 0.15) is 0 Å². The van der Waals surface area contributed by atoms with E-state index >= 15 is 0 Å². The van der Waals surface area contributed by atoms with Crippen LogP contribution in [-0.4, -0.2) is 34.2 Å². The highest BCUT2D eigenvalue weighted by atomic mass is 32.1. The van der Waals surface area contributed by atoms with Crippen LogP contribution in [-0.2, 0) is 20.7 Å². The van der Waals surface area contributed by atoms with E-state index in [-0.39, 0.29) is 13.2 Å². The van der Waals surface area contributed by atoms with Crippen molar-refractivity contribution >= 4 is 33.9 Å². The molecule has 1 N–H and O–H groups in total. The molecule has 0 unspecified atom stereocenters. The Balaban J connectivity index is 1.33. The number of imidazole rings is 1. The van der Waals surface area contributed by atoms with E-state index in [1.807, 2.05) is 16.0 Å². The van der Waals surface area contributed by atoms with Gasteiger partial charge in [-0.1, -0.05) is 0 Å². The standard InChI is InChI=1S/C17H15N3O5S/c1-10(16(22)18-11-2-3-13-14(6-11)24-9-23-13)25-15(21)7-12-8-20-4-5-26-17(20)19-12/h2-6,8,10H,7,9H2,1H3,(H,18,22)/t10-/m1/s1. The molecule has 134 valence electrons. The van der Waals surface area contributed by atoms with Crippen LogP contribution in [0.2, 0.25) is 0 Å². The lowest BCUT2D eigenvalue weighted by Crippen LogP contribution is -2.30. The van der Waals surface area contributed by atoms with Crippen LogP contribution in [0.1, 0.15) is 12.6 Å². The lowest BCUT2D eigenvalue weighted by atomic mass is 10.2. The molecular weight excluding hydrogens is 358 g/mol. The van der Waals surface area contributed by atoms with Crippen molar-refractivity contribution in [3.05, 3.63) is 41.7 Å². The maximum Gasteiger partial charge on any atom is 0.312 e. The number of thiazole rings is 1. The molecule has 9 heteroatoms. The van der Waals surface area contributed by atoms with Gasteiger partial charge in [0.05, 0.1) is 12.1 Å². The predicted molar refractivity (Wildman–Crippen MR) is 93.5 cm³/mol. The Hall–Kier alpha value is -3.07. The molecule has 0 radical (unpaired) electrons. The molecular formula is C17H15N3O5S. The van der Waals surface area contributed by atoms with Gasteiger partial charge in [-0.05, 0) is 19.1 Å². The molecule has 0 saturated heterocycles. The topological polar surface area (TPSA) is 91.2 Å². The summed E-state index contributed by atoms with van der Waals surface area (Å²) in [5.74, 6) is 0.252. The zero-order valence-electron chi connectivity index (χ0n) is 13.8. The minimum Gasteiger partial charge on any atom is -0.454 e. The van der Waals surface area contributed by atoms with Gasteiger partial charge in [-0.2, -0.15) is 0 Å². The van der Waals surface area contributed by atoms with Crippen molar-refractivity contribution < 1.29 is 23.8 Å². The van der Waals surface area contributed by atoms with Gasteiger partial charge in [-0.3, -0.25) is 14.0 Å². The highest BCUT2D eigenvalue weighted by molar-refractivity contribution is 7.15. The van der Waals surface area contributed by atoms with E-state index in [0.29, 0.717) is 22.9 Å². The number of amides is 1. The van der Waals surface area contributed by atoms with E-state index in [4.69, 9.17) is 14.2 Å². The Kier molecular flexibility index (Phi) is 4.21. The zero-order valence-corrected chi connectivity index (χ0v) is 14.6. The second-order valence-electron chi connectivity index (χ2n) is 5.69. The van der Waals surface area contributed by atoms with Gasteiger partial charge in [0, 0.05) is 29.5 Å². The summed E-state index contributed by atoms with van der Waals surface area (Å²) in [6, 6.07) is 5.06. The van der Waals surface area contributed by atoms with E-state index < -0.39 is 18.0 Å². The lowest BCUT2D eigenvalue weighted by Gasteiger charge is -2.13. The quantitative estimate of drug-likeness (QED) is 0.690. The van der Waals surface area contributed by atoms with Crippen LogP contribution < -0.4 is 14.8 Å². The fourth-order valence-electron chi connectivity index (χ4n) is 2.52.